The van der Waals surface area contributed by atoms with Crippen LogP contribution in [0.2, 0.25) is 0 Å². The minimum atomic E-state index is -0.474. The van der Waals surface area contributed by atoms with E-state index in [9.17, 15) is 9.18 Å². The molecule has 1 amide bonds. The van der Waals surface area contributed by atoms with E-state index in [0.717, 1.165) is 30.5 Å². The monoisotopic (exact) mass is 412 g/mol. The van der Waals surface area contributed by atoms with Gasteiger partial charge in [-0.2, -0.15) is 0 Å². The van der Waals surface area contributed by atoms with Gasteiger partial charge in [0.1, 0.15) is 11.9 Å². The van der Waals surface area contributed by atoms with Gasteiger partial charge in [0.25, 0.3) is 5.91 Å². The summed E-state index contributed by atoms with van der Waals surface area (Å²) in [5.74, 6) is -0.269. The Kier molecular flexibility index (Phi) is 6.77. The zero-order valence-electron chi connectivity index (χ0n) is 17.4. The highest BCUT2D eigenvalue weighted by atomic mass is 19.1. The van der Waals surface area contributed by atoms with E-state index >= 15 is 0 Å². The zero-order chi connectivity index (χ0) is 20.9. The average molecular weight is 413 g/mol. The summed E-state index contributed by atoms with van der Waals surface area (Å²) in [5, 5.41) is 3.45. The summed E-state index contributed by atoms with van der Waals surface area (Å²) in [5.41, 5.74) is 3.26. The number of carbonyl (C=O) groups is 1. The number of benzene rings is 2. The van der Waals surface area contributed by atoms with Crippen molar-refractivity contribution in [3.63, 3.8) is 0 Å². The van der Waals surface area contributed by atoms with Gasteiger partial charge in [-0.3, -0.25) is 4.79 Å². The Labute approximate surface area is 177 Å². The molecule has 0 aromatic heterocycles. The first-order valence-electron chi connectivity index (χ1n) is 10.6. The maximum atomic E-state index is 13.6. The van der Waals surface area contributed by atoms with Crippen molar-refractivity contribution in [2.24, 2.45) is 0 Å². The molecule has 1 N–H and O–H groups in total. The van der Waals surface area contributed by atoms with Crippen LogP contribution in [0.5, 0.6) is 0 Å². The van der Waals surface area contributed by atoms with Gasteiger partial charge in [-0.1, -0.05) is 36.4 Å². The fourth-order valence-electron chi connectivity index (χ4n) is 4.43. The summed E-state index contributed by atoms with van der Waals surface area (Å²) in [4.78, 5) is 15.5. The van der Waals surface area contributed by atoms with Crippen molar-refractivity contribution in [3.8, 4) is 0 Å². The molecule has 6 heteroatoms. The summed E-state index contributed by atoms with van der Waals surface area (Å²) in [6.07, 6.45) is 1.82. The van der Waals surface area contributed by atoms with E-state index < -0.39 is 6.10 Å². The quantitative estimate of drug-likeness (QED) is 0.820. The molecule has 0 bridgehead atoms. The summed E-state index contributed by atoms with van der Waals surface area (Å²) >= 11 is 0. The second-order valence-electron chi connectivity index (χ2n) is 7.98. The number of amides is 1. The topological polar surface area (TPSA) is 50.8 Å². The van der Waals surface area contributed by atoms with Crippen molar-refractivity contribution in [2.75, 3.05) is 33.4 Å². The molecule has 2 heterocycles. The normalized spacial score (nSPS) is 24.2. The first kappa shape index (κ1) is 21.0. The lowest BCUT2D eigenvalue weighted by molar-refractivity contribution is -0.146. The van der Waals surface area contributed by atoms with Crippen LogP contribution in [0.1, 0.15) is 35.6 Å². The predicted octanol–water partition coefficient (Wildman–Crippen LogP) is 3.08. The van der Waals surface area contributed by atoms with Gasteiger partial charge in [0.05, 0.1) is 12.6 Å². The van der Waals surface area contributed by atoms with E-state index in [1.807, 2.05) is 17.0 Å². The van der Waals surface area contributed by atoms with Gasteiger partial charge in [-0.05, 0) is 54.6 Å². The average Bonchev–Trinajstić information content (AvgIpc) is 3.03. The van der Waals surface area contributed by atoms with Gasteiger partial charge in [-0.25, -0.2) is 4.39 Å². The van der Waals surface area contributed by atoms with Crippen LogP contribution in [0.4, 0.5) is 4.39 Å². The first-order chi connectivity index (χ1) is 14.7. The summed E-state index contributed by atoms with van der Waals surface area (Å²) in [6, 6.07) is 14.6. The van der Waals surface area contributed by atoms with Crippen LogP contribution < -0.4 is 5.32 Å². The summed E-state index contributed by atoms with van der Waals surface area (Å²) in [6.45, 7) is 2.51. The van der Waals surface area contributed by atoms with E-state index in [4.69, 9.17) is 9.47 Å². The second kappa shape index (κ2) is 9.69. The molecule has 160 valence electrons. The minimum Gasteiger partial charge on any atom is -0.385 e. The van der Waals surface area contributed by atoms with Crippen molar-refractivity contribution < 1.29 is 18.7 Å². The number of carbonyl (C=O) groups excluding carboxylic acids is 1. The summed E-state index contributed by atoms with van der Waals surface area (Å²) < 4.78 is 24.8. The molecule has 1 fully saturated rings. The van der Waals surface area contributed by atoms with E-state index in [1.165, 1.54) is 17.7 Å². The Morgan fingerprint density at radius 1 is 1.23 bits per heavy atom. The molecule has 0 saturated carbocycles. The number of nitrogens with one attached hydrogen (secondary N) is 1. The maximum Gasteiger partial charge on any atom is 0.252 e. The number of hydrogen-bond donors (Lipinski definition) is 1. The highest BCUT2D eigenvalue weighted by molar-refractivity contribution is 5.82. The van der Waals surface area contributed by atoms with Gasteiger partial charge in [0, 0.05) is 26.3 Å². The fraction of sp³-hybridized carbons (Fsp3) is 0.458. The minimum absolute atomic E-state index is 0.00743. The van der Waals surface area contributed by atoms with Crippen LogP contribution in [0.3, 0.4) is 0 Å². The highest BCUT2D eigenvalue weighted by Gasteiger charge is 2.36. The van der Waals surface area contributed by atoms with Crippen LogP contribution in [0.15, 0.2) is 48.5 Å². The number of fused-ring (bicyclic) bond motifs is 1. The van der Waals surface area contributed by atoms with E-state index in [-0.39, 0.29) is 23.8 Å². The SMILES string of the molecule is COCC[C@H]1CO[C@H](C(=O)N2CCc3ccccc3[C@@H]2c2ccc(F)cc2)CCN1. The van der Waals surface area contributed by atoms with Crippen molar-refractivity contribution in [1.29, 1.82) is 0 Å². The number of halogens is 1. The van der Waals surface area contributed by atoms with Crippen molar-refractivity contribution in [2.45, 2.75) is 37.5 Å². The van der Waals surface area contributed by atoms with Crippen molar-refractivity contribution in [1.82, 2.24) is 10.2 Å². The molecule has 1 saturated heterocycles. The third kappa shape index (κ3) is 4.56. The molecule has 4 rings (SSSR count). The molecule has 2 aromatic rings. The van der Waals surface area contributed by atoms with Crippen LogP contribution in [-0.4, -0.2) is 56.4 Å². The molecular formula is C24H29FN2O3. The molecule has 0 radical (unpaired) electrons. The molecule has 2 aliphatic rings. The zero-order valence-corrected chi connectivity index (χ0v) is 17.4. The lowest BCUT2D eigenvalue weighted by Crippen LogP contribution is -2.46. The fourth-order valence-corrected chi connectivity index (χ4v) is 4.43. The van der Waals surface area contributed by atoms with Gasteiger partial charge < -0.3 is 19.7 Å². The van der Waals surface area contributed by atoms with Crippen molar-refractivity contribution >= 4 is 5.91 Å². The number of ether oxygens (including phenoxy) is 2. The van der Waals surface area contributed by atoms with E-state index in [0.29, 0.717) is 26.2 Å². The standard InChI is InChI=1S/C24H29FN2O3/c1-29-15-12-20-16-30-22(10-13-26-20)24(28)27-14-11-17-4-2-3-5-21(17)23(27)18-6-8-19(25)9-7-18/h2-9,20,22-23,26H,10-16H2,1H3/t20-,22-,23-/m0/s1. The molecule has 0 unspecified atom stereocenters. The lowest BCUT2D eigenvalue weighted by atomic mass is 9.87. The Bertz CT molecular complexity index is 858. The Morgan fingerprint density at radius 2 is 2.03 bits per heavy atom. The third-order valence-corrected chi connectivity index (χ3v) is 6.04. The molecule has 2 aromatic carbocycles. The maximum absolute atomic E-state index is 13.6. The molecule has 0 aliphatic carbocycles. The van der Waals surface area contributed by atoms with Crippen LogP contribution >= 0.6 is 0 Å². The summed E-state index contributed by atoms with van der Waals surface area (Å²) in [7, 11) is 1.69. The molecule has 2 aliphatic heterocycles. The predicted molar refractivity (Wildman–Crippen MR) is 113 cm³/mol. The van der Waals surface area contributed by atoms with Gasteiger partial charge in [0.2, 0.25) is 0 Å². The smallest absolute Gasteiger partial charge is 0.252 e. The molecule has 3 atom stereocenters. The van der Waals surface area contributed by atoms with Gasteiger partial charge >= 0.3 is 0 Å². The highest BCUT2D eigenvalue weighted by Crippen LogP contribution is 2.36. The second-order valence-corrected chi connectivity index (χ2v) is 7.98. The van der Waals surface area contributed by atoms with Gasteiger partial charge in [0.15, 0.2) is 0 Å². The van der Waals surface area contributed by atoms with Gasteiger partial charge in [-0.15, -0.1) is 0 Å². The Morgan fingerprint density at radius 3 is 2.83 bits per heavy atom. The van der Waals surface area contributed by atoms with Crippen molar-refractivity contribution in [3.05, 3.63) is 71.0 Å². The Balaban J connectivity index is 1.57. The van der Waals surface area contributed by atoms with Crippen LogP contribution in [-0.2, 0) is 20.7 Å². The molecule has 30 heavy (non-hydrogen) atoms. The first-order valence-corrected chi connectivity index (χ1v) is 10.6. The Hall–Kier alpha value is -2.28. The largest absolute Gasteiger partial charge is 0.385 e. The lowest BCUT2D eigenvalue weighted by Gasteiger charge is -2.39. The number of nitrogens with zero attached hydrogens (tertiary/aromatic N) is 1. The molecular weight excluding hydrogens is 383 g/mol. The van der Waals surface area contributed by atoms with Crippen LogP contribution in [0.25, 0.3) is 0 Å². The molecule has 0 spiro atoms. The number of hydrogen-bond acceptors (Lipinski definition) is 4. The van der Waals surface area contributed by atoms with E-state index in [1.54, 1.807) is 19.2 Å². The number of methoxy groups -OCH3 is 1. The molecule has 5 nitrogen and oxygen atoms in total. The van der Waals surface area contributed by atoms with Crippen LogP contribution in [0, 0.1) is 5.82 Å². The number of rotatable bonds is 5. The van der Waals surface area contributed by atoms with E-state index in [2.05, 4.69) is 17.4 Å². The third-order valence-electron chi connectivity index (χ3n) is 6.04.